The first kappa shape index (κ1) is 24.1. The van der Waals surface area contributed by atoms with Crippen LogP contribution in [-0.4, -0.2) is 45.4 Å². The van der Waals surface area contributed by atoms with Crippen LogP contribution in [0.15, 0.2) is 28.7 Å². The lowest BCUT2D eigenvalue weighted by molar-refractivity contribution is 0.103. The fraction of sp³-hybridized carbons (Fsp3) is 0.400. The van der Waals surface area contributed by atoms with Gasteiger partial charge in [0.15, 0.2) is 28.6 Å². The van der Waals surface area contributed by atoms with Crippen LogP contribution < -0.4 is 24.3 Å². The zero-order chi connectivity index (χ0) is 24.5. The van der Waals surface area contributed by atoms with Gasteiger partial charge in [-0.1, -0.05) is 20.8 Å². The first-order valence-electron chi connectivity index (χ1n) is 10.5. The Kier molecular flexibility index (Phi) is 6.67. The van der Waals surface area contributed by atoms with Crippen LogP contribution in [0.1, 0.15) is 43.6 Å². The number of hydrogen-bond donors (Lipinski definition) is 2. The molecule has 8 nitrogen and oxygen atoms in total. The number of aromatic hydroxyl groups is 1. The maximum Gasteiger partial charge on any atom is 0.205 e. The highest BCUT2D eigenvalue weighted by Crippen LogP contribution is 2.44. The van der Waals surface area contributed by atoms with Crippen LogP contribution in [-0.2, 0) is 0 Å². The van der Waals surface area contributed by atoms with E-state index in [2.05, 4.69) is 26.1 Å². The van der Waals surface area contributed by atoms with Crippen molar-refractivity contribution >= 4 is 22.6 Å². The molecule has 1 atom stereocenters. The molecule has 1 heterocycles. The molecule has 3 rings (SSSR count). The van der Waals surface area contributed by atoms with E-state index in [-0.39, 0.29) is 45.8 Å². The highest BCUT2D eigenvalue weighted by Gasteiger charge is 2.30. The number of ketones is 1. The highest BCUT2D eigenvalue weighted by molar-refractivity contribution is 6.20. The van der Waals surface area contributed by atoms with Crippen LogP contribution in [0.3, 0.4) is 0 Å². The van der Waals surface area contributed by atoms with Crippen LogP contribution in [0.25, 0.3) is 11.0 Å². The Hall–Kier alpha value is -3.55. The van der Waals surface area contributed by atoms with E-state index in [1.807, 2.05) is 6.92 Å². The first-order chi connectivity index (χ1) is 15.6. The van der Waals surface area contributed by atoms with E-state index in [0.717, 1.165) is 0 Å². The molecule has 0 radical (unpaired) electrons. The maximum atomic E-state index is 13.8. The van der Waals surface area contributed by atoms with Crippen molar-refractivity contribution in [1.82, 2.24) is 0 Å². The van der Waals surface area contributed by atoms with Crippen molar-refractivity contribution in [3.63, 3.8) is 0 Å². The molecule has 0 bridgehead atoms. The van der Waals surface area contributed by atoms with Gasteiger partial charge in [-0.05, 0) is 36.6 Å². The van der Waals surface area contributed by atoms with Crippen LogP contribution in [0.5, 0.6) is 28.7 Å². The van der Waals surface area contributed by atoms with Gasteiger partial charge in [0.2, 0.25) is 17.4 Å². The summed E-state index contributed by atoms with van der Waals surface area (Å²) in [5.74, 6) is 1.10. The van der Waals surface area contributed by atoms with Crippen molar-refractivity contribution in [2.45, 2.75) is 33.7 Å². The van der Waals surface area contributed by atoms with Gasteiger partial charge in [0.1, 0.15) is 0 Å². The molecule has 178 valence electrons. The van der Waals surface area contributed by atoms with Gasteiger partial charge in [0.25, 0.3) is 0 Å². The number of fused-ring (bicyclic) bond motifs is 1. The molecule has 1 aromatic heterocycles. The molecule has 3 aromatic rings. The summed E-state index contributed by atoms with van der Waals surface area (Å²) in [6.07, 6.45) is 0. The van der Waals surface area contributed by atoms with E-state index < -0.39 is 0 Å². The van der Waals surface area contributed by atoms with E-state index in [4.69, 9.17) is 23.4 Å². The lowest BCUT2D eigenvalue weighted by atomic mass is 9.88. The van der Waals surface area contributed by atoms with Gasteiger partial charge in [-0.2, -0.15) is 0 Å². The van der Waals surface area contributed by atoms with Gasteiger partial charge in [-0.25, -0.2) is 0 Å². The summed E-state index contributed by atoms with van der Waals surface area (Å²) in [6.45, 7) is 8.23. The molecular formula is C25H31NO7. The maximum absolute atomic E-state index is 13.8. The zero-order valence-corrected chi connectivity index (χ0v) is 20.3. The normalized spacial score (nSPS) is 12.4. The molecule has 2 N–H and O–H groups in total. The minimum atomic E-state index is -0.332. The predicted molar refractivity (Wildman–Crippen MR) is 127 cm³/mol. The number of phenolic OH excluding ortho intramolecular Hbond substituents is 1. The number of carbonyl (C=O) groups excluding carboxylic acids is 1. The Labute approximate surface area is 193 Å². The average Bonchev–Trinajstić information content (AvgIpc) is 3.15. The van der Waals surface area contributed by atoms with Gasteiger partial charge >= 0.3 is 0 Å². The number of hydrogen-bond acceptors (Lipinski definition) is 8. The lowest BCUT2D eigenvalue weighted by Gasteiger charge is -2.28. The number of phenols is 1. The molecule has 0 amide bonds. The lowest BCUT2D eigenvalue weighted by Crippen LogP contribution is -2.31. The molecule has 33 heavy (non-hydrogen) atoms. The Morgan fingerprint density at radius 1 is 0.970 bits per heavy atom. The van der Waals surface area contributed by atoms with E-state index in [9.17, 15) is 9.90 Å². The van der Waals surface area contributed by atoms with E-state index >= 15 is 0 Å². The fourth-order valence-corrected chi connectivity index (χ4v) is 3.39. The second kappa shape index (κ2) is 9.13. The number of ether oxygens (including phenoxy) is 4. The van der Waals surface area contributed by atoms with Crippen molar-refractivity contribution in [2.75, 3.05) is 33.8 Å². The third-order valence-corrected chi connectivity index (χ3v) is 5.82. The minimum absolute atomic E-state index is 0.0476. The summed E-state index contributed by atoms with van der Waals surface area (Å²) < 4.78 is 27.4. The van der Waals surface area contributed by atoms with E-state index in [0.29, 0.717) is 28.2 Å². The van der Waals surface area contributed by atoms with Crippen LogP contribution in [0.4, 0.5) is 5.88 Å². The van der Waals surface area contributed by atoms with Crippen molar-refractivity contribution in [3.05, 3.63) is 35.4 Å². The summed E-state index contributed by atoms with van der Waals surface area (Å²) in [4.78, 5) is 13.8. The average molecular weight is 458 g/mol. The standard InChI is InChI=1S/C25H31NO7/c1-13(25(2,3)4)26-24-19(15-9-10-16(29-5)21(28)22(15)33-24)20(27)14-11-17(30-6)23(32-8)18(12-14)31-7/h9-13,26,28H,1-8H3. The number of carbonyl (C=O) groups is 1. The quantitative estimate of drug-likeness (QED) is 0.443. The van der Waals surface area contributed by atoms with Crippen LogP contribution in [0, 0.1) is 5.41 Å². The number of benzene rings is 2. The largest absolute Gasteiger partial charge is 0.502 e. The Bertz CT molecular complexity index is 1150. The molecule has 0 aliphatic carbocycles. The molecule has 0 fully saturated rings. The third kappa shape index (κ3) is 4.37. The summed E-state index contributed by atoms with van der Waals surface area (Å²) >= 11 is 0. The topological polar surface area (TPSA) is 99.4 Å². The predicted octanol–water partition coefficient (Wildman–Crippen LogP) is 5.25. The number of nitrogens with one attached hydrogen (secondary N) is 1. The van der Waals surface area contributed by atoms with Crippen LogP contribution >= 0.6 is 0 Å². The molecule has 0 saturated heterocycles. The molecule has 0 saturated carbocycles. The molecular weight excluding hydrogens is 426 g/mol. The third-order valence-electron chi connectivity index (χ3n) is 5.82. The number of rotatable bonds is 8. The minimum Gasteiger partial charge on any atom is -0.502 e. The van der Waals surface area contributed by atoms with Crippen molar-refractivity contribution in [3.8, 4) is 28.7 Å². The van der Waals surface area contributed by atoms with Crippen molar-refractivity contribution in [2.24, 2.45) is 5.41 Å². The SMILES string of the molecule is COc1cc(C(=O)c2c(NC(C)C(C)(C)C)oc3c(O)c(OC)ccc23)cc(OC)c1OC. The second-order valence-corrected chi connectivity index (χ2v) is 8.77. The van der Waals surface area contributed by atoms with Gasteiger partial charge in [-0.15, -0.1) is 0 Å². The molecule has 2 aromatic carbocycles. The monoisotopic (exact) mass is 457 g/mol. The molecule has 8 heteroatoms. The number of anilines is 1. The second-order valence-electron chi connectivity index (χ2n) is 8.77. The Morgan fingerprint density at radius 2 is 1.55 bits per heavy atom. The first-order valence-corrected chi connectivity index (χ1v) is 10.5. The zero-order valence-electron chi connectivity index (χ0n) is 20.3. The Morgan fingerprint density at radius 3 is 2.03 bits per heavy atom. The molecule has 0 spiro atoms. The number of furan rings is 1. The summed E-state index contributed by atoms with van der Waals surface area (Å²) in [5.41, 5.74) is 0.641. The highest BCUT2D eigenvalue weighted by atomic mass is 16.5. The fourth-order valence-electron chi connectivity index (χ4n) is 3.39. The molecule has 1 unspecified atom stereocenters. The van der Waals surface area contributed by atoms with E-state index in [1.165, 1.54) is 28.4 Å². The van der Waals surface area contributed by atoms with Crippen LogP contribution in [0.2, 0.25) is 0 Å². The van der Waals surface area contributed by atoms with E-state index in [1.54, 1.807) is 24.3 Å². The smallest absolute Gasteiger partial charge is 0.205 e. The van der Waals surface area contributed by atoms with Gasteiger partial charge in [-0.3, -0.25) is 4.79 Å². The summed E-state index contributed by atoms with van der Waals surface area (Å²) in [7, 11) is 5.92. The molecule has 0 aliphatic rings. The summed E-state index contributed by atoms with van der Waals surface area (Å²) in [6, 6.07) is 6.41. The van der Waals surface area contributed by atoms with Gasteiger partial charge in [0.05, 0.1) is 34.0 Å². The Balaban J connectivity index is 2.25. The van der Waals surface area contributed by atoms with Gasteiger partial charge in [0, 0.05) is 17.0 Å². The van der Waals surface area contributed by atoms with Crippen molar-refractivity contribution < 1.29 is 33.3 Å². The van der Waals surface area contributed by atoms with Crippen molar-refractivity contribution in [1.29, 1.82) is 0 Å². The molecule has 0 aliphatic heterocycles. The number of methoxy groups -OCH3 is 4. The summed E-state index contributed by atoms with van der Waals surface area (Å²) in [5, 5.41) is 14.4. The van der Waals surface area contributed by atoms with Gasteiger partial charge < -0.3 is 33.8 Å².